The second-order valence-corrected chi connectivity index (χ2v) is 2.99. The SMILES string of the molecule is CNCCCNCc1ocnc1C. The number of nitrogens with zero attached hydrogens (tertiary/aromatic N) is 1. The molecular weight excluding hydrogens is 166 g/mol. The van der Waals surface area contributed by atoms with Crippen LogP contribution in [-0.2, 0) is 6.54 Å². The zero-order chi connectivity index (χ0) is 9.52. The molecule has 0 saturated carbocycles. The smallest absolute Gasteiger partial charge is 0.181 e. The second kappa shape index (κ2) is 5.72. The van der Waals surface area contributed by atoms with Crippen LogP contribution >= 0.6 is 0 Å². The second-order valence-electron chi connectivity index (χ2n) is 2.99. The fourth-order valence-corrected chi connectivity index (χ4v) is 1.09. The molecule has 0 bridgehead atoms. The zero-order valence-corrected chi connectivity index (χ0v) is 8.26. The van der Waals surface area contributed by atoms with Crippen LogP contribution in [0.15, 0.2) is 10.8 Å². The van der Waals surface area contributed by atoms with Crippen LogP contribution in [-0.4, -0.2) is 25.1 Å². The summed E-state index contributed by atoms with van der Waals surface area (Å²) in [6.45, 7) is 4.77. The number of nitrogens with one attached hydrogen (secondary N) is 2. The Bertz CT molecular complexity index is 235. The van der Waals surface area contributed by atoms with Gasteiger partial charge in [0.15, 0.2) is 6.39 Å². The van der Waals surface area contributed by atoms with E-state index >= 15 is 0 Å². The van der Waals surface area contributed by atoms with E-state index in [1.807, 2.05) is 14.0 Å². The van der Waals surface area contributed by atoms with E-state index in [4.69, 9.17) is 4.42 Å². The van der Waals surface area contributed by atoms with E-state index in [9.17, 15) is 0 Å². The number of hydrogen-bond donors (Lipinski definition) is 2. The number of oxazole rings is 1. The molecule has 0 saturated heterocycles. The lowest BCUT2D eigenvalue weighted by atomic mass is 10.3. The van der Waals surface area contributed by atoms with Crippen molar-refractivity contribution >= 4 is 0 Å². The van der Waals surface area contributed by atoms with Gasteiger partial charge in [0, 0.05) is 0 Å². The van der Waals surface area contributed by atoms with Gasteiger partial charge in [-0.25, -0.2) is 4.98 Å². The minimum atomic E-state index is 0.773. The summed E-state index contributed by atoms with van der Waals surface area (Å²) in [5, 5.41) is 6.39. The van der Waals surface area contributed by atoms with Crippen LogP contribution in [0.5, 0.6) is 0 Å². The first-order chi connectivity index (χ1) is 6.34. The average Bonchev–Trinajstić information content (AvgIpc) is 2.52. The molecule has 0 radical (unpaired) electrons. The van der Waals surface area contributed by atoms with Gasteiger partial charge in [0.2, 0.25) is 0 Å². The van der Waals surface area contributed by atoms with Gasteiger partial charge in [-0.3, -0.25) is 0 Å². The van der Waals surface area contributed by atoms with Crippen LogP contribution in [0.25, 0.3) is 0 Å². The Kier molecular flexibility index (Phi) is 4.49. The molecule has 0 aromatic carbocycles. The first kappa shape index (κ1) is 10.2. The molecule has 13 heavy (non-hydrogen) atoms. The van der Waals surface area contributed by atoms with Crippen molar-refractivity contribution in [3.63, 3.8) is 0 Å². The maximum absolute atomic E-state index is 5.18. The predicted octanol–water partition coefficient (Wildman–Crippen LogP) is 0.682. The normalized spacial score (nSPS) is 10.6. The van der Waals surface area contributed by atoms with E-state index in [0.29, 0.717) is 0 Å². The van der Waals surface area contributed by atoms with Crippen molar-refractivity contribution < 1.29 is 4.42 Å². The molecule has 1 rings (SSSR count). The van der Waals surface area contributed by atoms with Gasteiger partial charge in [-0.2, -0.15) is 0 Å². The quantitative estimate of drug-likeness (QED) is 0.637. The number of aryl methyl sites for hydroxylation is 1. The molecule has 0 aliphatic rings. The summed E-state index contributed by atoms with van der Waals surface area (Å²) in [6, 6.07) is 0. The summed E-state index contributed by atoms with van der Waals surface area (Å²) < 4.78 is 5.18. The maximum atomic E-state index is 5.18. The maximum Gasteiger partial charge on any atom is 0.181 e. The summed E-state index contributed by atoms with van der Waals surface area (Å²) in [5.74, 6) is 0.935. The van der Waals surface area contributed by atoms with Gasteiger partial charge in [-0.15, -0.1) is 0 Å². The molecule has 0 amide bonds. The first-order valence-corrected chi connectivity index (χ1v) is 4.59. The molecule has 1 aromatic heterocycles. The van der Waals surface area contributed by atoms with Gasteiger partial charge in [0.25, 0.3) is 0 Å². The molecule has 0 spiro atoms. The summed E-state index contributed by atoms with van der Waals surface area (Å²) in [4.78, 5) is 4.01. The van der Waals surface area contributed by atoms with E-state index in [1.54, 1.807) is 0 Å². The zero-order valence-electron chi connectivity index (χ0n) is 8.26. The highest BCUT2D eigenvalue weighted by Crippen LogP contribution is 2.03. The van der Waals surface area contributed by atoms with Gasteiger partial charge < -0.3 is 15.1 Å². The fourth-order valence-electron chi connectivity index (χ4n) is 1.09. The lowest BCUT2D eigenvalue weighted by Gasteiger charge is -2.02. The summed E-state index contributed by atoms with van der Waals surface area (Å²) >= 11 is 0. The van der Waals surface area contributed by atoms with Crippen molar-refractivity contribution in [3.8, 4) is 0 Å². The Balaban J connectivity index is 2.10. The molecule has 0 unspecified atom stereocenters. The molecule has 1 heterocycles. The van der Waals surface area contributed by atoms with Gasteiger partial charge in [-0.05, 0) is 33.5 Å². The predicted molar refractivity (Wildman–Crippen MR) is 51.5 cm³/mol. The summed E-state index contributed by atoms with van der Waals surface area (Å²) in [6.07, 6.45) is 2.61. The van der Waals surface area contributed by atoms with Gasteiger partial charge in [0.1, 0.15) is 5.76 Å². The molecule has 4 heteroatoms. The van der Waals surface area contributed by atoms with Crippen LogP contribution in [0.3, 0.4) is 0 Å². The number of rotatable bonds is 6. The molecule has 0 aliphatic carbocycles. The first-order valence-electron chi connectivity index (χ1n) is 4.59. The van der Waals surface area contributed by atoms with E-state index < -0.39 is 0 Å². The minimum Gasteiger partial charge on any atom is -0.447 e. The highest BCUT2D eigenvalue weighted by atomic mass is 16.3. The summed E-state index contributed by atoms with van der Waals surface area (Å²) in [7, 11) is 1.96. The van der Waals surface area contributed by atoms with Crippen LogP contribution in [0.1, 0.15) is 17.9 Å². The van der Waals surface area contributed by atoms with Crippen molar-refractivity contribution in [1.82, 2.24) is 15.6 Å². The van der Waals surface area contributed by atoms with E-state index in [2.05, 4.69) is 15.6 Å². The minimum absolute atomic E-state index is 0.773. The lowest BCUT2D eigenvalue weighted by Crippen LogP contribution is -2.19. The largest absolute Gasteiger partial charge is 0.447 e. The fraction of sp³-hybridized carbons (Fsp3) is 0.667. The van der Waals surface area contributed by atoms with Gasteiger partial charge in [-0.1, -0.05) is 0 Å². The molecule has 4 nitrogen and oxygen atoms in total. The third-order valence-corrected chi connectivity index (χ3v) is 1.91. The highest BCUT2D eigenvalue weighted by Gasteiger charge is 2.00. The third kappa shape index (κ3) is 3.57. The van der Waals surface area contributed by atoms with E-state index in [0.717, 1.165) is 37.5 Å². The number of hydrogen-bond acceptors (Lipinski definition) is 4. The summed E-state index contributed by atoms with van der Waals surface area (Å²) in [5.41, 5.74) is 0.973. The Morgan fingerprint density at radius 3 is 2.92 bits per heavy atom. The Labute approximate surface area is 78.7 Å². The molecule has 2 N–H and O–H groups in total. The average molecular weight is 183 g/mol. The lowest BCUT2D eigenvalue weighted by molar-refractivity contribution is 0.474. The molecular formula is C9H17N3O. The third-order valence-electron chi connectivity index (χ3n) is 1.91. The Morgan fingerprint density at radius 2 is 2.31 bits per heavy atom. The molecule has 74 valence electrons. The van der Waals surface area contributed by atoms with Crippen molar-refractivity contribution in [3.05, 3.63) is 17.8 Å². The Morgan fingerprint density at radius 1 is 1.46 bits per heavy atom. The van der Waals surface area contributed by atoms with E-state index in [-0.39, 0.29) is 0 Å². The molecule has 0 atom stereocenters. The number of aromatic nitrogens is 1. The van der Waals surface area contributed by atoms with E-state index in [1.165, 1.54) is 6.39 Å². The van der Waals surface area contributed by atoms with Crippen molar-refractivity contribution in [2.24, 2.45) is 0 Å². The molecule has 0 aliphatic heterocycles. The van der Waals surface area contributed by atoms with Crippen LogP contribution in [0.4, 0.5) is 0 Å². The van der Waals surface area contributed by atoms with Crippen LogP contribution in [0, 0.1) is 6.92 Å². The topological polar surface area (TPSA) is 50.1 Å². The monoisotopic (exact) mass is 183 g/mol. The Hall–Kier alpha value is -0.870. The standard InChI is InChI=1S/C9H17N3O/c1-8-9(13-7-12-8)6-11-5-3-4-10-2/h7,10-11H,3-6H2,1-2H3. The van der Waals surface area contributed by atoms with Crippen molar-refractivity contribution in [2.75, 3.05) is 20.1 Å². The van der Waals surface area contributed by atoms with Crippen molar-refractivity contribution in [1.29, 1.82) is 0 Å². The highest BCUT2D eigenvalue weighted by molar-refractivity contribution is 5.03. The van der Waals surface area contributed by atoms with Gasteiger partial charge in [0.05, 0.1) is 12.2 Å². The molecule has 1 aromatic rings. The van der Waals surface area contributed by atoms with Crippen molar-refractivity contribution in [2.45, 2.75) is 19.9 Å². The van der Waals surface area contributed by atoms with Crippen LogP contribution < -0.4 is 10.6 Å². The molecule has 0 fully saturated rings. The van der Waals surface area contributed by atoms with Crippen LogP contribution in [0.2, 0.25) is 0 Å². The van der Waals surface area contributed by atoms with Gasteiger partial charge >= 0.3 is 0 Å².